The molecule has 0 fully saturated rings. The van der Waals surface area contributed by atoms with Crippen LogP contribution < -0.4 is 0 Å². The van der Waals surface area contributed by atoms with Crippen molar-refractivity contribution in [2.45, 2.75) is 0 Å². The molecule has 0 unspecified atom stereocenters. The second kappa shape index (κ2) is 11.7. The van der Waals surface area contributed by atoms with Crippen LogP contribution in [-0.4, -0.2) is 14.5 Å². The van der Waals surface area contributed by atoms with Gasteiger partial charge >= 0.3 is 0 Å². The van der Waals surface area contributed by atoms with E-state index in [0.717, 1.165) is 33.8 Å². The minimum Gasteiger partial charge on any atom is -0.309 e. The van der Waals surface area contributed by atoms with Gasteiger partial charge in [-0.2, -0.15) is 0 Å². The van der Waals surface area contributed by atoms with Gasteiger partial charge in [0.1, 0.15) is 0 Å². The number of nitrogens with zero attached hydrogens (tertiary/aromatic N) is 3. The summed E-state index contributed by atoms with van der Waals surface area (Å²) < 4.78 is 2.41. The van der Waals surface area contributed by atoms with Gasteiger partial charge in [-0.3, -0.25) is 0 Å². The highest BCUT2D eigenvalue weighted by Gasteiger charge is 2.18. The van der Waals surface area contributed by atoms with E-state index in [2.05, 4.69) is 193 Å². The molecule has 3 heteroatoms. The predicted octanol–water partition coefficient (Wildman–Crippen LogP) is 13.2. The van der Waals surface area contributed by atoms with E-state index in [1.165, 1.54) is 64.9 Å². The molecule has 246 valence electrons. The molecule has 0 aliphatic carbocycles. The molecular formula is C50H31N3. The van der Waals surface area contributed by atoms with Crippen LogP contribution >= 0.6 is 0 Å². The quantitative estimate of drug-likeness (QED) is 0.186. The van der Waals surface area contributed by atoms with Crippen molar-refractivity contribution in [3.8, 4) is 39.6 Å². The fourth-order valence-corrected chi connectivity index (χ4v) is 8.16. The highest BCUT2D eigenvalue weighted by atomic mass is 15.0. The molecule has 0 bridgehead atoms. The van der Waals surface area contributed by atoms with Crippen molar-refractivity contribution in [3.05, 3.63) is 188 Å². The molecule has 9 aromatic carbocycles. The van der Waals surface area contributed by atoms with Gasteiger partial charge in [-0.1, -0.05) is 146 Å². The number of rotatable bonds is 4. The van der Waals surface area contributed by atoms with E-state index in [0.29, 0.717) is 5.82 Å². The lowest BCUT2D eigenvalue weighted by atomic mass is 10.00. The smallest absolute Gasteiger partial charge is 0.160 e. The lowest BCUT2D eigenvalue weighted by molar-refractivity contribution is 1.17. The Bertz CT molecular complexity index is 3040. The fourth-order valence-electron chi connectivity index (χ4n) is 8.16. The van der Waals surface area contributed by atoms with Gasteiger partial charge in [-0.15, -0.1) is 0 Å². The minimum absolute atomic E-state index is 0.710. The Morgan fingerprint density at radius 1 is 0.321 bits per heavy atom. The van der Waals surface area contributed by atoms with Crippen LogP contribution in [0.25, 0.3) is 104 Å². The number of hydrogen-bond donors (Lipinski definition) is 0. The minimum atomic E-state index is 0.710. The van der Waals surface area contributed by atoms with Crippen molar-refractivity contribution in [2.24, 2.45) is 0 Å². The molecule has 2 heterocycles. The van der Waals surface area contributed by atoms with Crippen molar-refractivity contribution >= 4 is 64.9 Å². The van der Waals surface area contributed by atoms with Crippen LogP contribution in [0.1, 0.15) is 0 Å². The van der Waals surface area contributed by atoms with Crippen LogP contribution in [0.3, 0.4) is 0 Å². The zero-order valence-electron chi connectivity index (χ0n) is 28.7. The summed E-state index contributed by atoms with van der Waals surface area (Å²) >= 11 is 0. The van der Waals surface area contributed by atoms with Crippen LogP contribution in [-0.2, 0) is 0 Å². The van der Waals surface area contributed by atoms with Crippen molar-refractivity contribution in [3.63, 3.8) is 0 Å². The molecular weight excluding hydrogens is 643 g/mol. The van der Waals surface area contributed by atoms with Gasteiger partial charge in [-0.05, 0) is 85.6 Å². The SMILES string of the molecule is c1ccc2cc(-c3cc(-c4ccc(-n5c6ccc7ccccc7c6c6c7ccccc7ccc65)cc4)nc(-c4ccc5ccccc5c4)n3)ccc2c1. The summed E-state index contributed by atoms with van der Waals surface area (Å²) in [7, 11) is 0. The molecule has 0 saturated carbocycles. The Balaban J connectivity index is 1.09. The standard InChI is InChI=1S/C50H31N3/c1-3-13-37-29-39(19-17-32(37)9-1)45-31-44(51-50(52-45)40-20-18-33-10-2-4-14-38(33)30-40)36-21-25-41(26-22-36)53-46-27-23-34-11-5-7-15-42(34)48(46)49-43-16-8-6-12-35(43)24-28-47(49)53/h1-31H. The van der Waals surface area contributed by atoms with Gasteiger partial charge in [0.25, 0.3) is 0 Å². The van der Waals surface area contributed by atoms with Gasteiger partial charge in [0.05, 0.1) is 22.4 Å². The molecule has 3 nitrogen and oxygen atoms in total. The monoisotopic (exact) mass is 673 g/mol. The van der Waals surface area contributed by atoms with E-state index >= 15 is 0 Å². The van der Waals surface area contributed by atoms with Crippen molar-refractivity contribution in [1.82, 2.24) is 14.5 Å². The number of benzene rings is 9. The van der Waals surface area contributed by atoms with E-state index < -0.39 is 0 Å². The van der Waals surface area contributed by atoms with Crippen LogP contribution in [0.5, 0.6) is 0 Å². The molecule has 11 rings (SSSR count). The lowest BCUT2D eigenvalue weighted by Gasteiger charge is -2.12. The number of aromatic nitrogens is 3. The van der Waals surface area contributed by atoms with Crippen LogP contribution in [0.4, 0.5) is 0 Å². The zero-order valence-corrected chi connectivity index (χ0v) is 28.7. The third kappa shape index (κ3) is 4.82. The first-order chi connectivity index (χ1) is 26.2. The molecule has 0 amide bonds. The van der Waals surface area contributed by atoms with Gasteiger partial charge < -0.3 is 4.57 Å². The number of fused-ring (bicyclic) bond motifs is 9. The second-order valence-electron chi connectivity index (χ2n) is 13.8. The molecule has 53 heavy (non-hydrogen) atoms. The Morgan fingerprint density at radius 3 is 1.34 bits per heavy atom. The Kier molecular flexibility index (Phi) is 6.55. The Hall–Kier alpha value is -7.10. The third-order valence-electron chi connectivity index (χ3n) is 10.7. The van der Waals surface area contributed by atoms with Gasteiger partial charge in [-0.25, -0.2) is 9.97 Å². The molecule has 2 aromatic heterocycles. The van der Waals surface area contributed by atoms with Crippen molar-refractivity contribution in [2.75, 3.05) is 0 Å². The first-order valence-electron chi connectivity index (χ1n) is 18.1. The molecule has 0 aliphatic heterocycles. The summed E-state index contributed by atoms with van der Waals surface area (Å²) in [6, 6.07) is 67.4. The van der Waals surface area contributed by atoms with E-state index in [4.69, 9.17) is 9.97 Å². The summed E-state index contributed by atoms with van der Waals surface area (Å²) in [5.41, 5.74) is 8.38. The molecule has 0 saturated heterocycles. The Morgan fingerprint density at radius 2 is 0.755 bits per heavy atom. The molecule has 0 atom stereocenters. The average Bonchev–Trinajstić information content (AvgIpc) is 3.58. The highest BCUT2D eigenvalue weighted by Crippen LogP contribution is 2.41. The molecule has 0 aliphatic rings. The maximum Gasteiger partial charge on any atom is 0.160 e. The average molecular weight is 674 g/mol. The maximum absolute atomic E-state index is 5.21. The zero-order chi connectivity index (χ0) is 34.9. The van der Waals surface area contributed by atoms with Gasteiger partial charge in [0, 0.05) is 33.2 Å². The summed E-state index contributed by atoms with van der Waals surface area (Å²) in [6.45, 7) is 0. The maximum atomic E-state index is 5.21. The summed E-state index contributed by atoms with van der Waals surface area (Å²) in [6.07, 6.45) is 0. The van der Waals surface area contributed by atoms with E-state index in [1.807, 2.05) is 0 Å². The largest absolute Gasteiger partial charge is 0.309 e. The van der Waals surface area contributed by atoms with Gasteiger partial charge in [0.2, 0.25) is 0 Å². The summed E-state index contributed by atoms with van der Waals surface area (Å²) in [5.74, 6) is 0.710. The summed E-state index contributed by atoms with van der Waals surface area (Å²) in [5, 5.41) is 12.4. The second-order valence-corrected chi connectivity index (χ2v) is 13.8. The molecule has 0 N–H and O–H groups in total. The molecule has 11 aromatic rings. The van der Waals surface area contributed by atoms with Crippen molar-refractivity contribution in [1.29, 1.82) is 0 Å². The van der Waals surface area contributed by atoms with E-state index in [-0.39, 0.29) is 0 Å². The third-order valence-corrected chi connectivity index (χ3v) is 10.7. The van der Waals surface area contributed by atoms with E-state index in [9.17, 15) is 0 Å². The summed E-state index contributed by atoms with van der Waals surface area (Å²) in [4.78, 5) is 10.4. The predicted molar refractivity (Wildman–Crippen MR) is 223 cm³/mol. The highest BCUT2D eigenvalue weighted by molar-refractivity contribution is 6.28. The first-order valence-corrected chi connectivity index (χ1v) is 18.1. The normalized spacial score (nSPS) is 11.8. The van der Waals surface area contributed by atoms with E-state index in [1.54, 1.807) is 0 Å². The molecule has 0 radical (unpaired) electrons. The van der Waals surface area contributed by atoms with Crippen molar-refractivity contribution < 1.29 is 0 Å². The van der Waals surface area contributed by atoms with Crippen LogP contribution in [0.15, 0.2) is 188 Å². The fraction of sp³-hybridized carbons (Fsp3) is 0. The van der Waals surface area contributed by atoms with Crippen LogP contribution in [0, 0.1) is 0 Å². The molecule has 0 spiro atoms. The first kappa shape index (κ1) is 29.6. The van der Waals surface area contributed by atoms with Gasteiger partial charge in [0.15, 0.2) is 5.82 Å². The topological polar surface area (TPSA) is 30.7 Å². The van der Waals surface area contributed by atoms with Crippen LogP contribution in [0.2, 0.25) is 0 Å². The lowest BCUT2D eigenvalue weighted by Crippen LogP contribution is -1.97. The number of hydrogen-bond acceptors (Lipinski definition) is 2. The Labute approximate surface area is 306 Å².